The zero-order valence-electron chi connectivity index (χ0n) is 16.9. The second-order valence-corrected chi connectivity index (χ2v) is 9.24. The molecule has 2 aromatic carbocycles. The normalized spacial score (nSPS) is 17.3. The lowest BCUT2D eigenvalue weighted by molar-refractivity contribution is -0.121. The van der Waals surface area contributed by atoms with Crippen LogP contribution in [0.15, 0.2) is 65.3 Å². The van der Waals surface area contributed by atoms with E-state index in [-0.39, 0.29) is 17.3 Å². The van der Waals surface area contributed by atoms with E-state index in [2.05, 4.69) is 51.2 Å². The third kappa shape index (κ3) is 4.43. The number of pyridine rings is 1. The highest BCUT2D eigenvalue weighted by Gasteiger charge is 2.37. The van der Waals surface area contributed by atoms with Gasteiger partial charge in [-0.25, -0.2) is 0 Å². The smallest absolute Gasteiger partial charge is 0.144 e. The van der Waals surface area contributed by atoms with Crippen molar-refractivity contribution < 1.29 is 9.53 Å². The van der Waals surface area contributed by atoms with Gasteiger partial charge in [0, 0.05) is 34.8 Å². The van der Waals surface area contributed by atoms with Crippen LogP contribution in [0, 0.1) is 6.92 Å². The minimum atomic E-state index is -0.357. The van der Waals surface area contributed by atoms with E-state index >= 15 is 0 Å². The number of ketones is 1. The number of Topliss-reactive ketones (excluding diaryl/α,β-unsaturated/α-hetero) is 1. The fraction of sp³-hybridized carbons (Fsp3) is 0.280. The maximum atomic E-state index is 13.2. The number of rotatable bonds is 4. The van der Waals surface area contributed by atoms with E-state index in [1.165, 1.54) is 0 Å². The van der Waals surface area contributed by atoms with Crippen molar-refractivity contribution in [3.8, 4) is 16.9 Å². The molecule has 1 aromatic heterocycles. The van der Waals surface area contributed by atoms with Crippen LogP contribution in [0.3, 0.4) is 0 Å². The Kier molecular flexibility index (Phi) is 5.30. The van der Waals surface area contributed by atoms with E-state index in [1.807, 2.05) is 51.2 Å². The summed E-state index contributed by atoms with van der Waals surface area (Å²) in [4.78, 5) is 17.5. The molecule has 1 aliphatic heterocycles. The first-order valence-corrected chi connectivity index (χ1v) is 10.6. The fourth-order valence-corrected chi connectivity index (χ4v) is 4.36. The molecule has 148 valence electrons. The molecular formula is C25H24BrNO2. The van der Waals surface area contributed by atoms with E-state index in [1.54, 1.807) is 0 Å². The summed E-state index contributed by atoms with van der Waals surface area (Å²) in [5.74, 6) is 0.883. The highest BCUT2D eigenvalue weighted by Crippen LogP contribution is 2.42. The molecule has 0 aliphatic carbocycles. The number of fused-ring (bicyclic) bond motifs is 1. The Morgan fingerprint density at radius 1 is 1.10 bits per heavy atom. The predicted octanol–water partition coefficient (Wildman–Crippen LogP) is 6.28. The minimum Gasteiger partial charge on any atom is -0.488 e. The standard InChI is InChI=1S/C25H24BrNO2/c1-16-12-19(10-11-27-16)18-6-4-17(5-7-18)13-23(28)22-15-25(2,3)29-24-9-8-20(26)14-21(22)24/h4-12,14,22H,13,15H2,1-3H3. The third-order valence-corrected chi connectivity index (χ3v) is 5.87. The summed E-state index contributed by atoms with van der Waals surface area (Å²) < 4.78 is 7.07. The number of aromatic nitrogens is 1. The van der Waals surface area contributed by atoms with Crippen LogP contribution in [0.1, 0.15) is 43.0 Å². The first-order chi connectivity index (χ1) is 13.8. The number of carbonyl (C=O) groups excluding carboxylic acids is 1. The topological polar surface area (TPSA) is 39.2 Å². The molecule has 1 aliphatic rings. The van der Waals surface area contributed by atoms with E-state index in [9.17, 15) is 4.79 Å². The molecule has 4 heteroatoms. The second kappa shape index (κ2) is 7.75. The Balaban J connectivity index is 1.56. The van der Waals surface area contributed by atoms with E-state index in [0.717, 1.165) is 38.2 Å². The van der Waals surface area contributed by atoms with Gasteiger partial charge in [0.15, 0.2) is 0 Å². The lowest BCUT2D eigenvalue weighted by atomic mass is 9.80. The molecule has 2 heterocycles. The van der Waals surface area contributed by atoms with Gasteiger partial charge in [-0.3, -0.25) is 9.78 Å². The molecule has 0 saturated carbocycles. The van der Waals surface area contributed by atoms with Crippen LogP contribution in [-0.2, 0) is 11.2 Å². The number of carbonyl (C=O) groups is 1. The molecule has 29 heavy (non-hydrogen) atoms. The van der Waals surface area contributed by atoms with Gasteiger partial charge < -0.3 is 4.74 Å². The quantitative estimate of drug-likeness (QED) is 0.470. The average Bonchev–Trinajstić information content (AvgIpc) is 2.68. The van der Waals surface area contributed by atoms with Gasteiger partial charge in [0.1, 0.15) is 17.1 Å². The van der Waals surface area contributed by atoms with Gasteiger partial charge >= 0.3 is 0 Å². The molecule has 0 spiro atoms. The number of hydrogen-bond acceptors (Lipinski definition) is 3. The van der Waals surface area contributed by atoms with Crippen molar-refractivity contribution in [2.24, 2.45) is 0 Å². The van der Waals surface area contributed by atoms with Crippen molar-refractivity contribution in [2.75, 3.05) is 0 Å². The van der Waals surface area contributed by atoms with Gasteiger partial charge in [0.25, 0.3) is 0 Å². The van der Waals surface area contributed by atoms with Gasteiger partial charge in [-0.05, 0) is 67.8 Å². The average molecular weight is 450 g/mol. The van der Waals surface area contributed by atoms with E-state index in [4.69, 9.17) is 4.74 Å². The zero-order valence-corrected chi connectivity index (χ0v) is 18.5. The van der Waals surface area contributed by atoms with Gasteiger partial charge in [0.2, 0.25) is 0 Å². The van der Waals surface area contributed by atoms with Crippen molar-refractivity contribution >= 4 is 21.7 Å². The summed E-state index contributed by atoms with van der Waals surface area (Å²) in [6, 6.07) is 18.3. The number of nitrogens with zero attached hydrogens (tertiary/aromatic N) is 1. The Labute approximate surface area is 180 Å². The van der Waals surface area contributed by atoms with E-state index in [0.29, 0.717) is 12.8 Å². The van der Waals surface area contributed by atoms with Crippen LogP contribution >= 0.6 is 15.9 Å². The zero-order chi connectivity index (χ0) is 20.6. The monoisotopic (exact) mass is 449 g/mol. The molecule has 0 bridgehead atoms. The van der Waals surface area contributed by atoms with Crippen LogP contribution in [0.4, 0.5) is 0 Å². The van der Waals surface area contributed by atoms with E-state index < -0.39 is 0 Å². The van der Waals surface area contributed by atoms with Gasteiger partial charge in [0.05, 0.1) is 5.92 Å². The maximum absolute atomic E-state index is 13.2. The molecule has 0 saturated heterocycles. The number of benzene rings is 2. The molecule has 0 fully saturated rings. The summed E-state index contributed by atoms with van der Waals surface area (Å²) in [7, 11) is 0. The molecular weight excluding hydrogens is 426 g/mol. The number of hydrogen-bond donors (Lipinski definition) is 0. The van der Waals surface area contributed by atoms with Crippen LogP contribution in [0.5, 0.6) is 5.75 Å². The third-order valence-electron chi connectivity index (χ3n) is 5.38. The Morgan fingerprint density at radius 3 is 2.59 bits per heavy atom. The largest absolute Gasteiger partial charge is 0.488 e. The molecule has 0 N–H and O–H groups in total. The van der Waals surface area contributed by atoms with Gasteiger partial charge in [-0.2, -0.15) is 0 Å². The maximum Gasteiger partial charge on any atom is 0.144 e. The lowest BCUT2D eigenvalue weighted by Gasteiger charge is -2.37. The summed E-state index contributed by atoms with van der Waals surface area (Å²) >= 11 is 3.53. The first kappa shape index (κ1) is 19.8. The van der Waals surface area contributed by atoms with Crippen LogP contribution in [0.2, 0.25) is 0 Å². The Bertz CT molecular complexity index is 1060. The Hall–Kier alpha value is -2.46. The molecule has 3 aromatic rings. The van der Waals surface area contributed by atoms with Gasteiger partial charge in [-0.15, -0.1) is 0 Å². The minimum absolute atomic E-state index is 0.159. The van der Waals surface area contributed by atoms with Crippen molar-refractivity contribution in [2.45, 2.75) is 45.1 Å². The molecule has 0 radical (unpaired) electrons. The number of halogens is 1. The van der Waals surface area contributed by atoms with Gasteiger partial charge in [-0.1, -0.05) is 40.2 Å². The van der Waals surface area contributed by atoms with Crippen molar-refractivity contribution in [3.05, 3.63) is 82.1 Å². The molecule has 0 amide bonds. The Morgan fingerprint density at radius 2 is 1.86 bits per heavy atom. The summed E-state index contributed by atoms with van der Waals surface area (Å²) in [6.45, 7) is 6.08. The summed E-state index contributed by atoms with van der Waals surface area (Å²) in [5, 5.41) is 0. The molecule has 1 atom stereocenters. The van der Waals surface area contributed by atoms with Crippen LogP contribution in [-0.4, -0.2) is 16.4 Å². The molecule has 3 nitrogen and oxygen atoms in total. The predicted molar refractivity (Wildman–Crippen MR) is 119 cm³/mol. The second-order valence-electron chi connectivity index (χ2n) is 8.33. The van der Waals surface area contributed by atoms with Crippen LogP contribution < -0.4 is 4.74 Å². The number of aryl methyl sites for hydroxylation is 1. The highest BCUT2D eigenvalue weighted by atomic mass is 79.9. The van der Waals surface area contributed by atoms with Crippen LogP contribution in [0.25, 0.3) is 11.1 Å². The van der Waals surface area contributed by atoms with Crippen molar-refractivity contribution in [3.63, 3.8) is 0 Å². The summed E-state index contributed by atoms with van der Waals surface area (Å²) in [6.07, 6.45) is 2.93. The van der Waals surface area contributed by atoms with Crippen molar-refractivity contribution in [1.29, 1.82) is 0 Å². The molecule has 1 unspecified atom stereocenters. The summed E-state index contributed by atoms with van der Waals surface area (Å²) in [5.41, 5.74) is 4.92. The number of ether oxygens (including phenoxy) is 1. The van der Waals surface area contributed by atoms with Crippen molar-refractivity contribution in [1.82, 2.24) is 4.98 Å². The fourth-order valence-electron chi connectivity index (χ4n) is 3.98. The molecule has 4 rings (SSSR count). The lowest BCUT2D eigenvalue weighted by Crippen LogP contribution is -2.37. The first-order valence-electron chi connectivity index (χ1n) is 9.84. The SMILES string of the molecule is Cc1cc(-c2ccc(CC(=O)C3CC(C)(C)Oc4ccc(Br)cc43)cc2)ccn1. The highest BCUT2D eigenvalue weighted by molar-refractivity contribution is 9.10.